The number of aromatic nitrogens is 1. The lowest BCUT2D eigenvalue weighted by atomic mass is 9.84. The van der Waals surface area contributed by atoms with Gasteiger partial charge in [0.2, 0.25) is 0 Å². The zero-order chi connectivity index (χ0) is 24.6. The number of nitrogens with one attached hydrogen (secondary N) is 1. The second kappa shape index (κ2) is 9.17. The molecule has 2 aromatic carbocycles. The Labute approximate surface area is 205 Å². The first-order valence-electron chi connectivity index (χ1n) is 12.4. The van der Waals surface area contributed by atoms with Gasteiger partial charge in [0.05, 0.1) is 6.54 Å². The normalized spacial score (nSPS) is 19.5. The molecule has 5 rings (SSSR count). The summed E-state index contributed by atoms with van der Waals surface area (Å²) < 4.78 is 2.13. The van der Waals surface area contributed by atoms with Crippen LogP contribution in [0.1, 0.15) is 57.7 Å². The average molecular weight is 470 g/mol. The lowest BCUT2D eigenvalue weighted by Gasteiger charge is -2.27. The molecule has 180 valence electrons. The highest BCUT2D eigenvalue weighted by atomic mass is 16.2. The molecule has 2 aliphatic rings. The smallest absolute Gasteiger partial charge is 0.325 e. The van der Waals surface area contributed by atoms with Crippen molar-refractivity contribution >= 4 is 17.7 Å². The molecular formula is C29H31N3O3. The third kappa shape index (κ3) is 4.07. The van der Waals surface area contributed by atoms with Crippen LogP contribution in [0.5, 0.6) is 0 Å². The molecule has 1 fully saturated rings. The van der Waals surface area contributed by atoms with Gasteiger partial charge in [0, 0.05) is 23.5 Å². The highest BCUT2D eigenvalue weighted by Crippen LogP contribution is 2.39. The number of imide groups is 1. The summed E-state index contributed by atoms with van der Waals surface area (Å²) in [5.74, 6) is -0.533. The molecule has 6 nitrogen and oxygen atoms in total. The molecule has 3 aromatic rings. The van der Waals surface area contributed by atoms with Gasteiger partial charge in [0.1, 0.15) is 5.54 Å². The molecule has 0 radical (unpaired) electrons. The minimum absolute atomic E-state index is 0.216. The van der Waals surface area contributed by atoms with Crippen LogP contribution < -0.4 is 5.32 Å². The van der Waals surface area contributed by atoms with Crippen LogP contribution in [-0.2, 0) is 29.7 Å². The quantitative estimate of drug-likeness (QED) is 0.420. The third-order valence-corrected chi connectivity index (χ3v) is 7.54. The Morgan fingerprint density at radius 2 is 1.74 bits per heavy atom. The van der Waals surface area contributed by atoms with Gasteiger partial charge in [-0.05, 0) is 68.7 Å². The number of ketones is 1. The molecule has 3 amide bonds. The van der Waals surface area contributed by atoms with Gasteiger partial charge < -0.3 is 9.88 Å². The summed E-state index contributed by atoms with van der Waals surface area (Å²) >= 11 is 0. The van der Waals surface area contributed by atoms with Crippen molar-refractivity contribution in [2.75, 3.05) is 6.54 Å². The molecule has 1 atom stereocenters. The Bertz CT molecular complexity index is 1290. The van der Waals surface area contributed by atoms with Crippen LogP contribution in [0.25, 0.3) is 0 Å². The van der Waals surface area contributed by atoms with E-state index in [0.717, 1.165) is 59.6 Å². The number of carbonyl (C=O) groups is 3. The minimum Gasteiger partial charge on any atom is -0.348 e. The van der Waals surface area contributed by atoms with Crippen LogP contribution in [0.4, 0.5) is 4.79 Å². The Hall–Kier alpha value is -3.67. The van der Waals surface area contributed by atoms with Crippen molar-refractivity contribution in [2.24, 2.45) is 0 Å². The summed E-state index contributed by atoms with van der Waals surface area (Å²) in [5, 5.41) is 2.97. The first kappa shape index (κ1) is 23.1. The van der Waals surface area contributed by atoms with Crippen LogP contribution in [0.3, 0.4) is 0 Å². The molecule has 1 N–H and O–H groups in total. The number of fused-ring (bicyclic) bond motifs is 2. The highest BCUT2D eigenvalue weighted by Gasteiger charge is 2.53. The zero-order valence-corrected chi connectivity index (χ0v) is 20.3. The Balaban J connectivity index is 1.36. The molecule has 1 aliphatic heterocycles. The summed E-state index contributed by atoms with van der Waals surface area (Å²) in [4.78, 5) is 41.1. The van der Waals surface area contributed by atoms with E-state index >= 15 is 0 Å². The van der Waals surface area contributed by atoms with Crippen LogP contribution >= 0.6 is 0 Å². The fraction of sp³-hybridized carbons (Fsp3) is 0.345. The molecule has 2 heterocycles. The van der Waals surface area contributed by atoms with Crippen LogP contribution in [-0.4, -0.2) is 33.7 Å². The molecule has 0 saturated carbocycles. The average Bonchev–Trinajstić information content (AvgIpc) is 3.18. The van der Waals surface area contributed by atoms with Gasteiger partial charge in [-0.15, -0.1) is 0 Å². The van der Waals surface area contributed by atoms with E-state index in [4.69, 9.17) is 0 Å². The topological polar surface area (TPSA) is 71.4 Å². The van der Waals surface area contributed by atoms with Gasteiger partial charge in [-0.25, -0.2) is 4.79 Å². The Morgan fingerprint density at radius 3 is 2.54 bits per heavy atom. The van der Waals surface area contributed by atoms with Crippen molar-refractivity contribution in [3.8, 4) is 0 Å². The number of hydrogen-bond donors (Lipinski definition) is 1. The molecule has 1 aliphatic carbocycles. The predicted octanol–water partition coefficient (Wildman–Crippen LogP) is 4.70. The number of nitrogens with zero attached hydrogens (tertiary/aromatic N) is 2. The number of aryl methyl sites for hydroxylation is 3. The van der Waals surface area contributed by atoms with Crippen LogP contribution in [0.2, 0.25) is 0 Å². The minimum atomic E-state index is -1.07. The van der Waals surface area contributed by atoms with E-state index in [9.17, 15) is 14.4 Å². The molecular weight excluding hydrogens is 438 g/mol. The van der Waals surface area contributed by atoms with Crippen LogP contribution in [0.15, 0.2) is 60.7 Å². The summed E-state index contributed by atoms with van der Waals surface area (Å²) in [5.41, 5.74) is 4.55. The molecule has 6 heteroatoms. The molecule has 1 aromatic heterocycles. The van der Waals surface area contributed by atoms with Crippen molar-refractivity contribution in [3.05, 3.63) is 94.3 Å². The van der Waals surface area contributed by atoms with Crippen molar-refractivity contribution < 1.29 is 14.4 Å². The van der Waals surface area contributed by atoms with Gasteiger partial charge in [-0.1, -0.05) is 54.6 Å². The Kier molecular flexibility index (Phi) is 6.05. The number of benzene rings is 2. The highest BCUT2D eigenvalue weighted by molar-refractivity contribution is 6.11. The first-order valence-corrected chi connectivity index (χ1v) is 12.4. The second-order valence-electron chi connectivity index (χ2n) is 9.69. The second-order valence-corrected chi connectivity index (χ2v) is 9.69. The summed E-state index contributed by atoms with van der Waals surface area (Å²) in [6, 6.07) is 19.5. The van der Waals surface area contributed by atoms with Gasteiger partial charge in [0.25, 0.3) is 5.91 Å². The molecule has 0 bridgehead atoms. The van der Waals surface area contributed by atoms with E-state index in [1.807, 2.05) is 62.4 Å². The maximum absolute atomic E-state index is 13.7. The van der Waals surface area contributed by atoms with E-state index in [1.54, 1.807) is 0 Å². The standard InChI is InChI=1S/C29H31N3O3/c1-20-18-24(21(2)31(20)17-15-22-10-4-3-5-11-22)26(33)19-32-27(34)29(30-28(32)35)16-9-8-13-23-12-6-7-14-25(23)29/h3-7,10-12,14,18H,8-9,13,15-17,19H2,1-2H3,(H,30,35). The number of hydrogen-bond acceptors (Lipinski definition) is 3. The van der Waals surface area contributed by atoms with Crippen LogP contribution in [0, 0.1) is 13.8 Å². The lowest BCUT2D eigenvalue weighted by molar-refractivity contribution is -0.131. The summed E-state index contributed by atoms with van der Waals surface area (Å²) in [7, 11) is 0. The number of Topliss-reactive ketones (excluding diaryl/α,β-unsaturated/α-hetero) is 1. The van der Waals surface area contributed by atoms with E-state index in [-0.39, 0.29) is 18.2 Å². The van der Waals surface area contributed by atoms with Crippen molar-refractivity contribution in [3.63, 3.8) is 0 Å². The van der Waals surface area contributed by atoms with E-state index in [1.165, 1.54) is 5.56 Å². The molecule has 1 unspecified atom stereocenters. The SMILES string of the molecule is Cc1cc(C(=O)CN2C(=O)NC3(CCCCc4ccccc43)C2=O)c(C)n1CCc1ccccc1. The van der Waals surface area contributed by atoms with E-state index < -0.39 is 11.6 Å². The fourth-order valence-corrected chi connectivity index (χ4v) is 5.66. The van der Waals surface area contributed by atoms with Crippen molar-refractivity contribution in [1.82, 2.24) is 14.8 Å². The summed E-state index contributed by atoms with van der Waals surface area (Å²) in [6.45, 7) is 4.43. The maximum Gasteiger partial charge on any atom is 0.325 e. The first-order chi connectivity index (χ1) is 16.9. The largest absolute Gasteiger partial charge is 0.348 e. The Morgan fingerprint density at radius 1 is 1.00 bits per heavy atom. The fourth-order valence-electron chi connectivity index (χ4n) is 5.66. The molecule has 1 spiro atoms. The monoisotopic (exact) mass is 469 g/mol. The van der Waals surface area contributed by atoms with Gasteiger partial charge in [0.15, 0.2) is 5.78 Å². The zero-order valence-electron chi connectivity index (χ0n) is 20.3. The summed E-state index contributed by atoms with van der Waals surface area (Å²) in [6.07, 6.45) is 4.10. The number of rotatable bonds is 6. The molecule has 35 heavy (non-hydrogen) atoms. The van der Waals surface area contributed by atoms with E-state index in [0.29, 0.717) is 12.0 Å². The maximum atomic E-state index is 13.7. The van der Waals surface area contributed by atoms with Gasteiger partial charge >= 0.3 is 6.03 Å². The van der Waals surface area contributed by atoms with E-state index in [2.05, 4.69) is 22.0 Å². The van der Waals surface area contributed by atoms with Crippen molar-refractivity contribution in [1.29, 1.82) is 0 Å². The predicted molar refractivity (Wildman–Crippen MR) is 134 cm³/mol. The number of amides is 3. The number of carbonyl (C=O) groups excluding carboxylic acids is 3. The van der Waals surface area contributed by atoms with Crippen molar-refractivity contribution in [2.45, 2.75) is 58.0 Å². The number of urea groups is 1. The molecule has 1 saturated heterocycles. The lowest BCUT2D eigenvalue weighted by Crippen LogP contribution is -2.44. The van der Waals surface area contributed by atoms with Gasteiger partial charge in [-0.2, -0.15) is 0 Å². The van der Waals surface area contributed by atoms with Gasteiger partial charge in [-0.3, -0.25) is 14.5 Å². The third-order valence-electron chi connectivity index (χ3n) is 7.54.